The first-order chi connectivity index (χ1) is 8.86. The van der Waals surface area contributed by atoms with Crippen LogP contribution in [0.5, 0.6) is 0 Å². The predicted octanol–water partition coefficient (Wildman–Crippen LogP) is 2.36. The molecule has 0 radical (unpaired) electrons. The monoisotopic (exact) mass is 235 g/mol. The first kappa shape index (κ1) is 9.85. The summed E-state index contributed by atoms with van der Waals surface area (Å²) in [7, 11) is 0. The van der Waals surface area contributed by atoms with E-state index in [4.69, 9.17) is 10.7 Å². The quantitative estimate of drug-likeness (QED) is 0.550. The molecule has 3 aromatic rings. The number of hydrogen-bond donors (Lipinski definition) is 1. The summed E-state index contributed by atoms with van der Waals surface area (Å²) in [6, 6.07) is 12.6. The van der Waals surface area contributed by atoms with E-state index in [0.29, 0.717) is 6.54 Å². The van der Waals surface area contributed by atoms with Crippen LogP contribution < -0.4 is 5.73 Å². The summed E-state index contributed by atoms with van der Waals surface area (Å²) in [6.45, 7) is 0.565. The highest BCUT2D eigenvalue weighted by Crippen LogP contribution is 2.36. The fraction of sp³-hybridized carbons (Fsp3) is 0.133. The third-order valence-corrected chi connectivity index (χ3v) is 3.64. The minimum Gasteiger partial charge on any atom is -0.326 e. The predicted molar refractivity (Wildman–Crippen MR) is 71.3 cm³/mol. The van der Waals surface area contributed by atoms with Crippen molar-refractivity contribution in [3.63, 3.8) is 0 Å². The van der Waals surface area contributed by atoms with Crippen molar-refractivity contribution in [3.8, 4) is 11.3 Å². The lowest BCUT2D eigenvalue weighted by Gasteiger charge is -2.02. The van der Waals surface area contributed by atoms with E-state index in [-0.39, 0.29) is 0 Å². The first-order valence-electron chi connectivity index (χ1n) is 6.15. The summed E-state index contributed by atoms with van der Waals surface area (Å²) in [4.78, 5) is 4.73. The first-order valence-corrected chi connectivity index (χ1v) is 6.15. The average Bonchev–Trinajstić information content (AvgIpc) is 2.94. The maximum absolute atomic E-state index is 5.71. The van der Waals surface area contributed by atoms with E-state index in [1.807, 2.05) is 12.1 Å². The number of nitrogens with two attached hydrogens (primary N) is 1. The second-order valence-electron chi connectivity index (χ2n) is 4.71. The van der Waals surface area contributed by atoms with Crippen LogP contribution >= 0.6 is 0 Å². The summed E-state index contributed by atoms with van der Waals surface area (Å²) < 4.78 is 2.18. The van der Waals surface area contributed by atoms with Gasteiger partial charge in [-0.3, -0.25) is 0 Å². The summed E-state index contributed by atoms with van der Waals surface area (Å²) >= 11 is 0. The van der Waals surface area contributed by atoms with Crippen LogP contribution in [0.25, 0.3) is 16.9 Å². The van der Waals surface area contributed by atoms with Crippen molar-refractivity contribution in [2.75, 3.05) is 0 Å². The Balaban J connectivity index is 2.02. The third-order valence-electron chi connectivity index (χ3n) is 3.64. The second-order valence-corrected chi connectivity index (χ2v) is 4.71. The van der Waals surface area contributed by atoms with Gasteiger partial charge in [0.05, 0.1) is 11.4 Å². The van der Waals surface area contributed by atoms with Crippen molar-refractivity contribution in [3.05, 3.63) is 59.4 Å². The highest BCUT2D eigenvalue weighted by Gasteiger charge is 2.23. The number of aromatic nitrogens is 2. The molecule has 1 aliphatic rings. The minimum atomic E-state index is 0.565. The van der Waals surface area contributed by atoms with Crippen LogP contribution in [0.4, 0.5) is 0 Å². The van der Waals surface area contributed by atoms with Crippen molar-refractivity contribution in [1.29, 1.82) is 0 Å². The molecule has 4 rings (SSSR count). The summed E-state index contributed by atoms with van der Waals surface area (Å²) in [5.41, 5.74) is 12.9. The smallest absolute Gasteiger partial charge is 0.137 e. The SMILES string of the molecule is NCc1ccc2nc3c(n2c1)Cc1ccccc1-3. The molecule has 0 saturated heterocycles. The lowest BCUT2D eigenvalue weighted by atomic mass is 10.1. The van der Waals surface area contributed by atoms with Crippen molar-refractivity contribution in [2.45, 2.75) is 13.0 Å². The number of imidazole rings is 1. The van der Waals surface area contributed by atoms with Crippen LogP contribution in [0.1, 0.15) is 16.8 Å². The standard InChI is InChI=1S/C15H13N3/c16-8-10-5-6-14-17-15-12-4-2-1-3-11(12)7-13(15)18(14)9-10/h1-6,9H,7-8,16H2. The Morgan fingerprint density at radius 3 is 2.94 bits per heavy atom. The molecule has 0 saturated carbocycles. The lowest BCUT2D eigenvalue weighted by molar-refractivity contribution is 0.991. The summed E-state index contributed by atoms with van der Waals surface area (Å²) in [6.07, 6.45) is 3.06. The molecule has 1 aliphatic carbocycles. The minimum absolute atomic E-state index is 0.565. The second kappa shape index (κ2) is 3.43. The average molecular weight is 235 g/mol. The molecule has 1 aromatic carbocycles. The van der Waals surface area contributed by atoms with Gasteiger partial charge in [0.1, 0.15) is 5.65 Å². The van der Waals surface area contributed by atoms with Gasteiger partial charge in [0.25, 0.3) is 0 Å². The Kier molecular flexibility index (Phi) is 1.88. The van der Waals surface area contributed by atoms with Gasteiger partial charge in [-0.15, -0.1) is 0 Å². The molecule has 0 atom stereocenters. The van der Waals surface area contributed by atoms with Crippen molar-refractivity contribution in [1.82, 2.24) is 9.38 Å². The molecule has 0 aliphatic heterocycles. The Bertz CT molecular complexity index is 756. The molecule has 0 bridgehead atoms. The zero-order valence-electron chi connectivity index (χ0n) is 9.93. The highest BCUT2D eigenvalue weighted by atomic mass is 15.0. The molecule has 0 unspecified atom stereocenters. The van der Waals surface area contributed by atoms with Gasteiger partial charge in [-0.25, -0.2) is 4.98 Å². The number of hydrogen-bond acceptors (Lipinski definition) is 2. The number of benzene rings is 1. The van der Waals surface area contributed by atoms with E-state index >= 15 is 0 Å². The maximum atomic E-state index is 5.71. The number of nitrogens with zero attached hydrogens (tertiary/aromatic N) is 2. The molecule has 0 spiro atoms. The summed E-state index contributed by atoms with van der Waals surface area (Å²) in [5, 5.41) is 0. The van der Waals surface area contributed by atoms with Crippen molar-refractivity contribution < 1.29 is 0 Å². The van der Waals surface area contributed by atoms with Crippen LogP contribution in [0.15, 0.2) is 42.6 Å². The van der Waals surface area contributed by atoms with Crippen molar-refractivity contribution >= 4 is 5.65 Å². The molecule has 3 heteroatoms. The van der Waals surface area contributed by atoms with Gasteiger partial charge in [-0.2, -0.15) is 0 Å². The Morgan fingerprint density at radius 1 is 1.17 bits per heavy atom. The fourth-order valence-electron chi connectivity index (χ4n) is 2.73. The maximum Gasteiger partial charge on any atom is 0.137 e. The third kappa shape index (κ3) is 1.19. The summed E-state index contributed by atoms with van der Waals surface area (Å²) in [5.74, 6) is 0. The number of fused-ring (bicyclic) bond motifs is 5. The van der Waals surface area contributed by atoms with E-state index in [2.05, 4.69) is 34.9 Å². The zero-order valence-corrected chi connectivity index (χ0v) is 9.93. The molecule has 18 heavy (non-hydrogen) atoms. The molecular weight excluding hydrogens is 222 g/mol. The molecule has 2 heterocycles. The van der Waals surface area contributed by atoms with E-state index < -0.39 is 0 Å². The van der Waals surface area contributed by atoms with E-state index in [9.17, 15) is 0 Å². The van der Waals surface area contributed by atoms with Gasteiger partial charge in [0.2, 0.25) is 0 Å². The van der Waals surface area contributed by atoms with Crippen molar-refractivity contribution in [2.24, 2.45) is 5.73 Å². The molecule has 0 fully saturated rings. The normalized spacial score (nSPS) is 12.7. The fourth-order valence-corrected chi connectivity index (χ4v) is 2.73. The molecule has 2 aromatic heterocycles. The Morgan fingerprint density at radius 2 is 2.06 bits per heavy atom. The molecule has 88 valence electrons. The van der Waals surface area contributed by atoms with Gasteiger partial charge >= 0.3 is 0 Å². The van der Waals surface area contributed by atoms with Crippen LogP contribution in [0, 0.1) is 0 Å². The zero-order chi connectivity index (χ0) is 12.1. The largest absolute Gasteiger partial charge is 0.326 e. The lowest BCUT2D eigenvalue weighted by Crippen LogP contribution is -1.99. The molecule has 3 nitrogen and oxygen atoms in total. The van der Waals surface area contributed by atoms with Crippen LogP contribution in [-0.4, -0.2) is 9.38 Å². The number of rotatable bonds is 1. The molecule has 2 N–H and O–H groups in total. The van der Waals surface area contributed by atoms with Crippen LogP contribution in [0.2, 0.25) is 0 Å². The molecular formula is C15H13N3. The Labute approximate surface area is 105 Å². The van der Waals surface area contributed by atoms with Gasteiger partial charge in [0.15, 0.2) is 0 Å². The van der Waals surface area contributed by atoms with Gasteiger partial charge in [-0.05, 0) is 17.2 Å². The Hall–Kier alpha value is -2.13. The van der Waals surface area contributed by atoms with E-state index in [1.165, 1.54) is 16.8 Å². The van der Waals surface area contributed by atoms with E-state index in [1.54, 1.807) is 0 Å². The highest BCUT2D eigenvalue weighted by molar-refractivity contribution is 5.75. The van der Waals surface area contributed by atoms with Crippen LogP contribution in [-0.2, 0) is 13.0 Å². The van der Waals surface area contributed by atoms with E-state index in [0.717, 1.165) is 23.3 Å². The van der Waals surface area contributed by atoms with Gasteiger partial charge < -0.3 is 10.1 Å². The topological polar surface area (TPSA) is 43.3 Å². The van der Waals surface area contributed by atoms with Crippen LogP contribution in [0.3, 0.4) is 0 Å². The number of pyridine rings is 1. The van der Waals surface area contributed by atoms with Gasteiger partial charge in [0, 0.05) is 24.7 Å². The molecule has 0 amide bonds. The van der Waals surface area contributed by atoms with Gasteiger partial charge in [-0.1, -0.05) is 30.3 Å².